The fourth-order valence-electron chi connectivity index (χ4n) is 3.92. The van der Waals surface area contributed by atoms with Gasteiger partial charge < -0.3 is 15.3 Å². The number of hydrogen-bond donors (Lipinski definition) is 2. The highest BCUT2D eigenvalue weighted by Crippen LogP contribution is 2.32. The molecule has 172 valence electrons. The van der Waals surface area contributed by atoms with E-state index < -0.39 is 4.92 Å². The number of nitro benzene ring substituents is 1. The second-order valence-corrected chi connectivity index (χ2v) is 7.90. The van der Waals surface area contributed by atoms with E-state index in [1.807, 2.05) is 24.3 Å². The van der Waals surface area contributed by atoms with Crippen molar-refractivity contribution in [2.45, 2.75) is 6.54 Å². The van der Waals surface area contributed by atoms with Gasteiger partial charge in [0.25, 0.3) is 5.69 Å². The second-order valence-electron chi connectivity index (χ2n) is 7.90. The van der Waals surface area contributed by atoms with E-state index in [-0.39, 0.29) is 17.1 Å². The number of hydrogen-bond acceptors (Lipinski definition) is 10. The number of fused-ring (bicyclic) bond motifs is 1. The zero-order valence-corrected chi connectivity index (χ0v) is 18.2. The lowest BCUT2D eigenvalue weighted by atomic mass is 10.2. The summed E-state index contributed by atoms with van der Waals surface area (Å²) in [5.41, 5.74) is 0.830. The molecule has 1 saturated heterocycles. The van der Waals surface area contributed by atoms with E-state index in [1.54, 1.807) is 18.5 Å². The SMILES string of the molecule is O=[N+]([O-])c1ccc(O)c(Nc2nc(CN3CCN(c4ncccn4)CC3)nc3ccccc23)c1. The summed E-state index contributed by atoms with van der Waals surface area (Å²) in [6.07, 6.45) is 3.48. The number of para-hydroxylation sites is 1. The third-order valence-corrected chi connectivity index (χ3v) is 5.67. The molecule has 4 aromatic rings. The molecule has 0 aliphatic carbocycles. The van der Waals surface area contributed by atoms with E-state index in [2.05, 4.69) is 25.1 Å². The fraction of sp³-hybridized carbons (Fsp3) is 0.217. The third kappa shape index (κ3) is 4.55. The maximum Gasteiger partial charge on any atom is 0.271 e. The number of non-ortho nitro benzene ring substituents is 1. The molecule has 11 nitrogen and oxygen atoms in total. The number of nitrogens with zero attached hydrogens (tertiary/aromatic N) is 7. The topological polar surface area (TPSA) is 133 Å². The molecular weight excluding hydrogens is 436 g/mol. The van der Waals surface area contributed by atoms with Gasteiger partial charge in [-0.2, -0.15) is 0 Å². The Morgan fingerprint density at radius 2 is 1.76 bits per heavy atom. The van der Waals surface area contributed by atoms with Crippen LogP contribution in [0.5, 0.6) is 5.75 Å². The molecule has 1 fully saturated rings. The highest BCUT2D eigenvalue weighted by Gasteiger charge is 2.20. The van der Waals surface area contributed by atoms with Gasteiger partial charge in [0.2, 0.25) is 5.95 Å². The summed E-state index contributed by atoms with van der Waals surface area (Å²) in [6.45, 7) is 3.75. The Morgan fingerprint density at radius 3 is 2.53 bits per heavy atom. The number of anilines is 3. The fourth-order valence-corrected chi connectivity index (χ4v) is 3.92. The summed E-state index contributed by atoms with van der Waals surface area (Å²) in [6, 6.07) is 13.2. The van der Waals surface area contributed by atoms with Crippen LogP contribution in [0.3, 0.4) is 0 Å². The minimum Gasteiger partial charge on any atom is -0.506 e. The maximum atomic E-state index is 11.2. The number of benzene rings is 2. The van der Waals surface area contributed by atoms with Crippen LogP contribution in [0.15, 0.2) is 60.9 Å². The number of rotatable bonds is 6. The molecule has 34 heavy (non-hydrogen) atoms. The lowest BCUT2D eigenvalue weighted by Crippen LogP contribution is -2.46. The first-order valence-electron chi connectivity index (χ1n) is 10.8. The average Bonchev–Trinajstić information content (AvgIpc) is 2.86. The molecule has 0 amide bonds. The molecule has 0 atom stereocenters. The molecule has 2 N–H and O–H groups in total. The van der Waals surface area contributed by atoms with Gasteiger partial charge in [-0.25, -0.2) is 19.9 Å². The summed E-state index contributed by atoms with van der Waals surface area (Å²) in [5.74, 6) is 1.73. The summed E-state index contributed by atoms with van der Waals surface area (Å²) in [5, 5.41) is 25.2. The number of phenolic OH excluding ortho intramolecular Hbond substituents is 1. The quantitative estimate of drug-likeness (QED) is 0.252. The molecule has 2 aromatic heterocycles. The molecule has 0 bridgehead atoms. The Labute approximate surface area is 194 Å². The molecule has 2 aromatic carbocycles. The minimum atomic E-state index is -0.506. The van der Waals surface area contributed by atoms with Gasteiger partial charge in [-0.05, 0) is 24.3 Å². The number of nitrogens with one attached hydrogen (secondary N) is 1. The van der Waals surface area contributed by atoms with Gasteiger partial charge in [-0.3, -0.25) is 15.0 Å². The first-order valence-corrected chi connectivity index (χ1v) is 10.8. The van der Waals surface area contributed by atoms with Gasteiger partial charge in [0, 0.05) is 56.1 Å². The molecule has 1 aliphatic heterocycles. The summed E-state index contributed by atoms with van der Waals surface area (Å²) in [4.78, 5) is 33.1. The molecule has 3 heterocycles. The number of aromatic nitrogens is 4. The number of phenols is 1. The van der Waals surface area contributed by atoms with Gasteiger partial charge >= 0.3 is 0 Å². The van der Waals surface area contributed by atoms with Crippen molar-refractivity contribution in [3.05, 3.63) is 76.9 Å². The van der Waals surface area contributed by atoms with Crippen LogP contribution in [-0.4, -0.2) is 61.0 Å². The molecule has 5 rings (SSSR count). The Balaban J connectivity index is 1.37. The van der Waals surface area contributed by atoms with Crippen molar-refractivity contribution in [1.29, 1.82) is 0 Å². The summed E-state index contributed by atoms with van der Waals surface area (Å²) < 4.78 is 0. The van der Waals surface area contributed by atoms with Crippen LogP contribution in [0.4, 0.5) is 23.1 Å². The zero-order chi connectivity index (χ0) is 23.5. The smallest absolute Gasteiger partial charge is 0.271 e. The minimum absolute atomic E-state index is 0.103. The average molecular weight is 458 g/mol. The van der Waals surface area contributed by atoms with E-state index in [4.69, 9.17) is 9.97 Å². The van der Waals surface area contributed by atoms with Gasteiger partial charge in [-0.15, -0.1) is 0 Å². The maximum absolute atomic E-state index is 11.2. The normalized spacial score (nSPS) is 14.3. The molecule has 0 unspecified atom stereocenters. The summed E-state index contributed by atoms with van der Waals surface area (Å²) >= 11 is 0. The molecular formula is C23H22N8O3. The Morgan fingerprint density at radius 1 is 1.00 bits per heavy atom. The van der Waals surface area contributed by atoms with Crippen LogP contribution < -0.4 is 10.2 Å². The molecule has 0 radical (unpaired) electrons. The van der Waals surface area contributed by atoms with E-state index in [0.717, 1.165) is 43.0 Å². The summed E-state index contributed by atoms with van der Waals surface area (Å²) in [7, 11) is 0. The number of aromatic hydroxyl groups is 1. The lowest BCUT2D eigenvalue weighted by Gasteiger charge is -2.34. The van der Waals surface area contributed by atoms with Crippen molar-refractivity contribution in [1.82, 2.24) is 24.8 Å². The Bertz CT molecular complexity index is 1330. The van der Waals surface area contributed by atoms with E-state index in [1.165, 1.54) is 18.2 Å². The molecule has 0 spiro atoms. The first kappa shape index (κ1) is 21.5. The highest BCUT2D eigenvalue weighted by atomic mass is 16.6. The van der Waals surface area contributed by atoms with E-state index in [9.17, 15) is 15.2 Å². The third-order valence-electron chi connectivity index (χ3n) is 5.67. The van der Waals surface area contributed by atoms with Crippen LogP contribution in [0, 0.1) is 10.1 Å². The van der Waals surface area contributed by atoms with Crippen molar-refractivity contribution < 1.29 is 10.0 Å². The Hall–Kier alpha value is -4.38. The second kappa shape index (κ2) is 9.24. The van der Waals surface area contributed by atoms with Crippen molar-refractivity contribution >= 4 is 34.0 Å². The highest BCUT2D eigenvalue weighted by molar-refractivity contribution is 5.91. The van der Waals surface area contributed by atoms with E-state index in [0.29, 0.717) is 18.2 Å². The van der Waals surface area contributed by atoms with Gasteiger partial charge in [0.05, 0.1) is 22.7 Å². The van der Waals surface area contributed by atoms with Crippen LogP contribution in [0.2, 0.25) is 0 Å². The molecule has 11 heteroatoms. The largest absolute Gasteiger partial charge is 0.506 e. The van der Waals surface area contributed by atoms with Crippen LogP contribution in [0.25, 0.3) is 10.9 Å². The van der Waals surface area contributed by atoms with Gasteiger partial charge in [-0.1, -0.05) is 12.1 Å². The van der Waals surface area contributed by atoms with Gasteiger partial charge in [0.1, 0.15) is 17.4 Å². The zero-order valence-electron chi connectivity index (χ0n) is 18.2. The van der Waals surface area contributed by atoms with Crippen molar-refractivity contribution in [3.63, 3.8) is 0 Å². The Kier molecular flexibility index (Phi) is 5.83. The van der Waals surface area contributed by atoms with Crippen molar-refractivity contribution in [2.24, 2.45) is 0 Å². The predicted octanol–water partition coefficient (Wildman–Crippen LogP) is 3.10. The lowest BCUT2D eigenvalue weighted by molar-refractivity contribution is -0.384. The van der Waals surface area contributed by atoms with Gasteiger partial charge in [0.15, 0.2) is 0 Å². The van der Waals surface area contributed by atoms with Crippen LogP contribution >= 0.6 is 0 Å². The number of piperazine rings is 1. The van der Waals surface area contributed by atoms with E-state index >= 15 is 0 Å². The standard InChI is InChI=1S/C23H22N8O3/c32-20-7-6-16(31(33)34)14-19(20)27-22-17-4-1-2-5-18(17)26-21(28-22)15-29-10-12-30(13-11-29)23-24-8-3-9-25-23/h1-9,14,32H,10-13,15H2,(H,26,27,28). The first-order chi connectivity index (χ1) is 16.6. The number of nitro groups is 1. The molecule has 1 aliphatic rings. The van der Waals surface area contributed by atoms with Crippen molar-refractivity contribution in [2.75, 3.05) is 36.4 Å². The van der Waals surface area contributed by atoms with Crippen LogP contribution in [0.1, 0.15) is 5.82 Å². The monoisotopic (exact) mass is 458 g/mol. The van der Waals surface area contributed by atoms with Crippen molar-refractivity contribution in [3.8, 4) is 5.75 Å². The predicted molar refractivity (Wildman–Crippen MR) is 127 cm³/mol. The van der Waals surface area contributed by atoms with Crippen LogP contribution in [-0.2, 0) is 6.54 Å². The molecule has 0 saturated carbocycles.